The molecule has 0 aliphatic heterocycles. The van der Waals surface area contributed by atoms with Crippen LogP contribution in [0.3, 0.4) is 0 Å². The molecular weight excluding hydrogens is 349 g/mol. The van der Waals surface area contributed by atoms with Crippen LogP contribution in [0, 0.1) is 3.57 Å². The highest BCUT2D eigenvalue weighted by Crippen LogP contribution is 2.22. The first-order valence-corrected chi connectivity index (χ1v) is 6.57. The summed E-state index contributed by atoms with van der Waals surface area (Å²) < 4.78 is 1.19. The molecule has 0 amide bonds. The summed E-state index contributed by atoms with van der Waals surface area (Å²) in [6.45, 7) is 0.549. The minimum Gasteiger partial charge on any atom is -0.508 e. The Morgan fingerprint density at radius 3 is 2.53 bits per heavy atom. The third-order valence-electron chi connectivity index (χ3n) is 2.37. The quantitative estimate of drug-likeness (QED) is 0.803. The van der Waals surface area contributed by atoms with E-state index in [-0.39, 0.29) is 5.75 Å². The van der Waals surface area contributed by atoms with Gasteiger partial charge < -0.3 is 10.4 Å². The van der Waals surface area contributed by atoms with E-state index in [4.69, 9.17) is 11.6 Å². The van der Waals surface area contributed by atoms with E-state index in [1.54, 1.807) is 18.2 Å². The lowest BCUT2D eigenvalue weighted by Gasteiger charge is -2.08. The van der Waals surface area contributed by atoms with Crippen LogP contribution in [0.25, 0.3) is 0 Å². The van der Waals surface area contributed by atoms with Crippen molar-refractivity contribution in [1.29, 1.82) is 0 Å². The zero-order chi connectivity index (χ0) is 12.3. The second kappa shape index (κ2) is 5.60. The number of anilines is 1. The number of phenols is 1. The molecule has 17 heavy (non-hydrogen) atoms. The molecule has 4 heteroatoms. The Hall–Kier alpha value is -0.940. The van der Waals surface area contributed by atoms with Crippen molar-refractivity contribution in [3.8, 4) is 5.75 Å². The molecular formula is C13H11ClINO. The summed E-state index contributed by atoms with van der Waals surface area (Å²) in [4.78, 5) is 0. The predicted molar refractivity (Wildman–Crippen MR) is 79.6 cm³/mol. The van der Waals surface area contributed by atoms with E-state index < -0.39 is 0 Å². The van der Waals surface area contributed by atoms with Crippen LogP contribution in [-0.2, 0) is 6.54 Å². The first-order chi connectivity index (χ1) is 8.15. The Kier molecular flexibility index (Phi) is 4.12. The molecule has 88 valence electrons. The Labute approximate surface area is 119 Å². The number of nitrogens with one attached hydrogen (secondary N) is 1. The molecule has 0 fully saturated rings. The lowest BCUT2D eigenvalue weighted by atomic mass is 10.2. The van der Waals surface area contributed by atoms with Gasteiger partial charge in [-0.25, -0.2) is 0 Å². The van der Waals surface area contributed by atoms with Crippen LogP contribution >= 0.6 is 34.2 Å². The second-order valence-electron chi connectivity index (χ2n) is 3.63. The van der Waals surface area contributed by atoms with Gasteiger partial charge >= 0.3 is 0 Å². The van der Waals surface area contributed by atoms with E-state index in [0.717, 1.165) is 11.3 Å². The number of hydrogen-bond donors (Lipinski definition) is 2. The Balaban J connectivity index is 2.07. The number of rotatable bonds is 3. The lowest BCUT2D eigenvalue weighted by molar-refractivity contribution is 0.469. The standard InChI is InChI=1S/C13H11ClINO/c14-10-1-6-13(17)9(7-10)8-16-12-4-2-11(15)3-5-12/h1-7,16-17H,8H2. The Morgan fingerprint density at radius 2 is 1.82 bits per heavy atom. The third kappa shape index (κ3) is 3.51. The van der Waals surface area contributed by atoms with Gasteiger partial charge in [0.05, 0.1) is 0 Å². The molecule has 0 aliphatic carbocycles. The topological polar surface area (TPSA) is 32.3 Å². The monoisotopic (exact) mass is 359 g/mol. The molecule has 0 heterocycles. The van der Waals surface area contributed by atoms with E-state index in [2.05, 4.69) is 27.9 Å². The second-order valence-corrected chi connectivity index (χ2v) is 5.32. The SMILES string of the molecule is Oc1ccc(Cl)cc1CNc1ccc(I)cc1. The van der Waals surface area contributed by atoms with Crippen LogP contribution in [-0.4, -0.2) is 5.11 Å². The average molecular weight is 360 g/mol. The summed E-state index contributed by atoms with van der Waals surface area (Å²) in [5.41, 5.74) is 1.81. The highest BCUT2D eigenvalue weighted by molar-refractivity contribution is 14.1. The summed E-state index contributed by atoms with van der Waals surface area (Å²) in [5, 5.41) is 13.5. The third-order valence-corrected chi connectivity index (χ3v) is 3.32. The summed E-state index contributed by atoms with van der Waals surface area (Å²) >= 11 is 8.14. The van der Waals surface area contributed by atoms with E-state index in [1.165, 1.54) is 3.57 Å². The van der Waals surface area contributed by atoms with Crippen molar-refractivity contribution in [2.75, 3.05) is 5.32 Å². The summed E-state index contributed by atoms with van der Waals surface area (Å²) in [5.74, 6) is 0.257. The fraction of sp³-hybridized carbons (Fsp3) is 0.0769. The average Bonchev–Trinajstić information content (AvgIpc) is 2.32. The molecule has 0 saturated carbocycles. The normalized spacial score (nSPS) is 10.2. The number of aromatic hydroxyl groups is 1. The van der Waals surface area contributed by atoms with Gasteiger partial charge in [0.2, 0.25) is 0 Å². The summed E-state index contributed by atoms with van der Waals surface area (Å²) in [6, 6.07) is 13.1. The van der Waals surface area contributed by atoms with Gasteiger partial charge in [0.15, 0.2) is 0 Å². The van der Waals surface area contributed by atoms with Crippen molar-refractivity contribution >= 4 is 39.9 Å². The first kappa shape index (κ1) is 12.5. The molecule has 0 atom stereocenters. The highest BCUT2D eigenvalue weighted by Gasteiger charge is 2.01. The van der Waals surface area contributed by atoms with Gasteiger partial charge in [0.25, 0.3) is 0 Å². The van der Waals surface area contributed by atoms with Crippen LogP contribution in [0.15, 0.2) is 42.5 Å². The molecule has 2 rings (SSSR count). The number of hydrogen-bond acceptors (Lipinski definition) is 2. The van der Waals surface area contributed by atoms with Gasteiger partial charge in [-0.05, 0) is 65.1 Å². The van der Waals surface area contributed by atoms with Crippen molar-refractivity contribution in [2.45, 2.75) is 6.54 Å². The molecule has 2 N–H and O–H groups in total. The zero-order valence-electron chi connectivity index (χ0n) is 8.95. The molecule has 0 aliphatic rings. The smallest absolute Gasteiger partial charge is 0.120 e. The summed E-state index contributed by atoms with van der Waals surface area (Å²) in [7, 11) is 0. The minimum absolute atomic E-state index is 0.257. The van der Waals surface area contributed by atoms with Gasteiger partial charge in [-0.3, -0.25) is 0 Å². The Morgan fingerprint density at radius 1 is 1.12 bits per heavy atom. The molecule has 0 aromatic heterocycles. The van der Waals surface area contributed by atoms with Crippen LogP contribution in [0.5, 0.6) is 5.75 Å². The van der Waals surface area contributed by atoms with Crippen LogP contribution < -0.4 is 5.32 Å². The van der Waals surface area contributed by atoms with Crippen LogP contribution in [0.2, 0.25) is 5.02 Å². The fourth-order valence-corrected chi connectivity index (χ4v) is 2.01. The van der Waals surface area contributed by atoms with Crippen molar-refractivity contribution < 1.29 is 5.11 Å². The van der Waals surface area contributed by atoms with Crippen molar-refractivity contribution in [3.05, 3.63) is 56.6 Å². The maximum absolute atomic E-state index is 9.66. The van der Waals surface area contributed by atoms with Gasteiger partial charge in [0, 0.05) is 26.4 Å². The number of phenolic OH excluding ortho intramolecular Hbond substituents is 1. The van der Waals surface area contributed by atoms with Crippen LogP contribution in [0.1, 0.15) is 5.56 Å². The van der Waals surface area contributed by atoms with Gasteiger partial charge in [-0.1, -0.05) is 11.6 Å². The predicted octanol–water partition coefficient (Wildman–Crippen LogP) is 4.26. The lowest BCUT2D eigenvalue weighted by Crippen LogP contribution is -1.99. The van der Waals surface area contributed by atoms with Gasteiger partial charge in [0.1, 0.15) is 5.75 Å². The number of halogens is 2. The molecule has 2 aromatic carbocycles. The molecule has 2 aromatic rings. The van der Waals surface area contributed by atoms with Crippen LogP contribution in [0.4, 0.5) is 5.69 Å². The molecule has 0 spiro atoms. The maximum Gasteiger partial charge on any atom is 0.120 e. The highest BCUT2D eigenvalue weighted by atomic mass is 127. The Bertz CT molecular complexity index is 513. The largest absolute Gasteiger partial charge is 0.508 e. The number of benzene rings is 2. The zero-order valence-corrected chi connectivity index (χ0v) is 11.9. The van der Waals surface area contributed by atoms with Crippen molar-refractivity contribution in [3.63, 3.8) is 0 Å². The van der Waals surface area contributed by atoms with Gasteiger partial charge in [-0.2, -0.15) is 0 Å². The summed E-state index contributed by atoms with van der Waals surface area (Å²) in [6.07, 6.45) is 0. The molecule has 0 unspecified atom stereocenters. The van der Waals surface area contributed by atoms with E-state index in [9.17, 15) is 5.11 Å². The molecule has 0 saturated heterocycles. The fourth-order valence-electron chi connectivity index (χ4n) is 1.46. The maximum atomic E-state index is 9.66. The minimum atomic E-state index is 0.257. The molecule has 0 bridgehead atoms. The van der Waals surface area contributed by atoms with E-state index in [1.807, 2.05) is 24.3 Å². The van der Waals surface area contributed by atoms with E-state index in [0.29, 0.717) is 11.6 Å². The first-order valence-electron chi connectivity index (χ1n) is 5.12. The van der Waals surface area contributed by atoms with Crippen molar-refractivity contribution in [1.82, 2.24) is 0 Å². The van der Waals surface area contributed by atoms with Crippen molar-refractivity contribution in [2.24, 2.45) is 0 Å². The molecule has 2 nitrogen and oxygen atoms in total. The van der Waals surface area contributed by atoms with Gasteiger partial charge in [-0.15, -0.1) is 0 Å². The molecule has 0 radical (unpaired) electrons. The van der Waals surface area contributed by atoms with E-state index >= 15 is 0 Å².